The SMILES string of the molecule is COc1ccc(C/C=C/C(=O)O)cc1C(C)C. The maximum absolute atomic E-state index is 10.4. The number of benzene rings is 1. The molecule has 0 heterocycles. The lowest BCUT2D eigenvalue weighted by Gasteiger charge is -2.12. The second-order valence-corrected chi connectivity index (χ2v) is 4.18. The lowest BCUT2D eigenvalue weighted by Crippen LogP contribution is -1.96. The zero-order chi connectivity index (χ0) is 12.8. The minimum atomic E-state index is -0.914. The Morgan fingerprint density at radius 3 is 2.71 bits per heavy atom. The van der Waals surface area contributed by atoms with Gasteiger partial charge in [0.1, 0.15) is 5.75 Å². The highest BCUT2D eigenvalue weighted by Crippen LogP contribution is 2.27. The molecule has 3 heteroatoms. The van der Waals surface area contributed by atoms with E-state index in [1.807, 2.05) is 12.1 Å². The van der Waals surface area contributed by atoms with Crippen molar-refractivity contribution in [1.29, 1.82) is 0 Å². The number of carboxylic acids is 1. The van der Waals surface area contributed by atoms with Crippen LogP contribution in [0.3, 0.4) is 0 Å². The summed E-state index contributed by atoms with van der Waals surface area (Å²) >= 11 is 0. The summed E-state index contributed by atoms with van der Waals surface area (Å²) in [7, 11) is 1.66. The van der Waals surface area contributed by atoms with Gasteiger partial charge in [0.05, 0.1) is 7.11 Å². The average Bonchev–Trinajstić information content (AvgIpc) is 2.28. The second-order valence-electron chi connectivity index (χ2n) is 4.18. The molecule has 0 unspecified atom stereocenters. The number of ether oxygens (including phenoxy) is 1. The van der Waals surface area contributed by atoms with Crippen LogP contribution >= 0.6 is 0 Å². The molecule has 1 aromatic rings. The van der Waals surface area contributed by atoms with Crippen LogP contribution in [-0.4, -0.2) is 18.2 Å². The molecule has 0 fully saturated rings. The fourth-order valence-electron chi connectivity index (χ4n) is 1.66. The van der Waals surface area contributed by atoms with Gasteiger partial charge in [-0.1, -0.05) is 32.1 Å². The number of methoxy groups -OCH3 is 1. The zero-order valence-corrected chi connectivity index (χ0v) is 10.4. The quantitative estimate of drug-likeness (QED) is 0.797. The fourth-order valence-corrected chi connectivity index (χ4v) is 1.66. The van der Waals surface area contributed by atoms with E-state index in [4.69, 9.17) is 9.84 Å². The van der Waals surface area contributed by atoms with Gasteiger partial charge in [0.25, 0.3) is 0 Å². The van der Waals surface area contributed by atoms with Gasteiger partial charge < -0.3 is 9.84 Å². The maximum atomic E-state index is 10.4. The van der Waals surface area contributed by atoms with E-state index in [0.29, 0.717) is 12.3 Å². The smallest absolute Gasteiger partial charge is 0.327 e. The van der Waals surface area contributed by atoms with Gasteiger partial charge in [-0.2, -0.15) is 0 Å². The van der Waals surface area contributed by atoms with Gasteiger partial charge in [0.15, 0.2) is 0 Å². The zero-order valence-electron chi connectivity index (χ0n) is 10.4. The predicted molar refractivity (Wildman–Crippen MR) is 67.6 cm³/mol. The summed E-state index contributed by atoms with van der Waals surface area (Å²) in [6.07, 6.45) is 3.43. The predicted octanol–water partition coefficient (Wildman–Crippen LogP) is 3.00. The number of carbonyl (C=O) groups is 1. The van der Waals surface area contributed by atoms with E-state index < -0.39 is 5.97 Å². The standard InChI is InChI=1S/C14H18O3/c1-10(2)12-9-11(5-4-6-14(15)16)7-8-13(12)17-3/h4,6-10H,5H2,1-3H3,(H,15,16)/b6-4+. The van der Waals surface area contributed by atoms with Crippen LogP contribution in [0.1, 0.15) is 30.9 Å². The number of rotatable bonds is 5. The number of aliphatic carboxylic acids is 1. The molecule has 1 rings (SSSR count). The van der Waals surface area contributed by atoms with Crippen molar-refractivity contribution in [2.45, 2.75) is 26.2 Å². The molecule has 0 aliphatic rings. The van der Waals surface area contributed by atoms with Crippen molar-refractivity contribution < 1.29 is 14.6 Å². The van der Waals surface area contributed by atoms with Gasteiger partial charge in [-0.05, 0) is 29.5 Å². The number of hydrogen-bond acceptors (Lipinski definition) is 2. The summed E-state index contributed by atoms with van der Waals surface area (Å²) < 4.78 is 5.29. The fraction of sp³-hybridized carbons (Fsp3) is 0.357. The molecule has 0 radical (unpaired) electrons. The highest BCUT2D eigenvalue weighted by Gasteiger charge is 2.07. The van der Waals surface area contributed by atoms with Crippen molar-refractivity contribution >= 4 is 5.97 Å². The van der Waals surface area contributed by atoms with Gasteiger partial charge in [-0.3, -0.25) is 0 Å². The summed E-state index contributed by atoms with van der Waals surface area (Å²) in [6, 6.07) is 5.95. The van der Waals surface area contributed by atoms with E-state index in [9.17, 15) is 4.79 Å². The molecular formula is C14H18O3. The van der Waals surface area contributed by atoms with Crippen LogP contribution < -0.4 is 4.74 Å². The van der Waals surface area contributed by atoms with E-state index in [1.54, 1.807) is 13.2 Å². The van der Waals surface area contributed by atoms with E-state index in [2.05, 4.69) is 19.9 Å². The number of carboxylic acid groups (broad SMARTS) is 1. The van der Waals surface area contributed by atoms with E-state index in [-0.39, 0.29) is 0 Å². The average molecular weight is 234 g/mol. The number of hydrogen-bond donors (Lipinski definition) is 1. The van der Waals surface area contributed by atoms with Crippen molar-refractivity contribution in [3.63, 3.8) is 0 Å². The molecule has 0 saturated carbocycles. The Balaban J connectivity index is 2.88. The molecule has 0 aromatic heterocycles. The Labute approximate surface area is 102 Å². The van der Waals surface area contributed by atoms with Gasteiger partial charge in [-0.15, -0.1) is 0 Å². The van der Waals surface area contributed by atoms with Crippen LogP contribution in [0.15, 0.2) is 30.4 Å². The number of allylic oxidation sites excluding steroid dienone is 1. The summed E-state index contributed by atoms with van der Waals surface area (Å²) in [5, 5.41) is 8.51. The van der Waals surface area contributed by atoms with Crippen molar-refractivity contribution in [3.8, 4) is 5.75 Å². The molecule has 1 N–H and O–H groups in total. The third-order valence-corrected chi connectivity index (χ3v) is 2.53. The first-order valence-corrected chi connectivity index (χ1v) is 5.61. The topological polar surface area (TPSA) is 46.5 Å². The summed E-state index contributed by atoms with van der Waals surface area (Å²) in [5.41, 5.74) is 2.24. The van der Waals surface area contributed by atoms with Gasteiger partial charge in [0.2, 0.25) is 0 Å². The summed E-state index contributed by atoms with van der Waals surface area (Å²) in [5.74, 6) is 0.349. The first kappa shape index (κ1) is 13.3. The van der Waals surface area contributed by atoms with Gasteiger partial charge in [-0.25, -0.2) is 4.79 Å². The maximum Gasteiger partial charge on any atom is 0.327 e. The molecular weight excluding hydrogens is 216 g/mol. The van der Waals surface area contributed by atoms with Crippen molar-refractivity contribution in [1.82, 2.24) is 0 Å². The minimum absolute atomic E-state index is 0.383. The first-order valence-electron chi connectivity index (χ1n) is 5.61. The minimum Gasteiger partial charge on any atom is -0.496 e. The molecule has 92 valence electrons. The van der Waals surface area contributed by atoms with Crippen LogP contribution in [0.25, 0.3) is 0 Å². The van der Waals surface area contributed by atoms with Crippen molar-refractivity contribution in [2.24, 2.45) is 0 Å². The molecule has 0 saturated heterocycles. The molecule has 0 spiro atoms. The van der Waals surface area contributed by atoms with Gasteiger partial charge >= 0.3 is 5.97 Å². The molecule has 17 heavy (non-hydrogen) atoms. The molecule has 3 nitrogen and oxygen atoms in total. The Bertz CT molecular complexity index is 419. The molecule has 0 bridgehead atoms. The summed E-state index contributed by atoms with van der Waals surface area (Å²) in [6.45, 7) is 4.21. The molecule has 1 aromatic carbocycles. The first-order chi connectivity index (χ1) is 8.04. The second kappa shape index (κ2) is 6.09. The Morgan fingerprint density at radius 1 is 1.47 bits per heavy atom. The largest absolute Gasteiger partial charge is 0.496 e. The Kier molecular flexibility index (Phi) is 4.76. The monoisotopic (exact) mass is 234 g/mol. The molecule has 0 aliphatic carbocycles. The molecule has 0 atom stereocenters. The highest BCUT2D eigenvalue weighted by molar-refractivity contribution is 5.79. The summed E-state index contributed by atoms with van der Waals surface area (Å²) in [4.78, 5) is 10.4. The normalized spacial score (nSPS) is 11.1. The third-order valence-electron chi connectivity index (χ3n) is 2.53. The van der Waals surface area contributed by atoms with E-state index in [1.165, 1.54) is 6.08 Å². The molecule has 0 amide bonds. The van der Waals surface area contributed by atoms with Gasteiger partial charge in [0, 0.05) is 6.08 Å². The van der Waals surface area contributed by atoms with Crippen molar-refractivity contribution in [3.05, 3.63) is 41.5 Å². The van der Waals surface area contributed by atoms with E-state index in [0.717, 1.165) is 16.9 Å². The third kappa shape index (κ3) is 3.94. The van der Waals surface area contributed by atoms with Crippen LogP contribution in [0.5, 0.6) is 5.75 Å². The highest BCUT2D eigenvalue weighted by atomic mass is 16.5. The van der Waals surface area contributed by atoms with Crippen molar-refractivity contribution in [2.75, 3.05) is 7.11 Å². The van der Waals surface area contributed by atoms with Crippen LogP contribution in [0, 0.1) is 0 Å². The lowest BCUT2D eigenvalue weighted by molar-refractivity contribution is -0.131. The Hall–Kier alpha value is -1.77. The molecule has 0 aliphatic heterocycles. The lowest BCUT2D eigenvalue weighted by atomic mass is 9.98. The van der Waals surface area contributed by atoms with E-state index >= 15 is 0 Å². The van der Waals surface area contributed by atoms with Crippen LogP contribution in [-0.2, 0) is 11.2 Å². The van der Waals surface area contributed by atoms with Crippen LogP contribution in [0.4, 0.5) is 0 Å². The Morgan fingerprint density at radius 2 is 2.18 bits per heavy atom. The van der Waals surface area contributed by atoms with Crippen LogP contribution in [0.2, 0.25) is 0 Å².